The Hall–Kier alpha value is -3.53. The minimum absolute atomic E-state index is 0.126. The van der Waals surface area contributed by atoms with E-state index in [-0.39, 0.29) is 11.9 Å². The number of benzene rings is 3. The van der Waals surface area contributed by atoms with Gasteiger partial charge in [-0.05, 0) is 60.9 Å². The van der Waals surface area contributed by atoms with Crippen LogP contribution in [-0.4, -0.2) is 19.6 Å². The van der Waals surface area contributed by atoms with Gasteiger partial charge in [-0.1, -0.05) is 54.6 Å². The molecule has 3 aromatic carbocycles. The van der Waals surface area contributed by atoms with Crippen LogP contribution in [0.4, 0.5) is 0 Å². The van der Waals surface area contributed by atoms with E-state index >= 15 is 0 Å². The summed E-state index contributed by atoms with van der Waals surface area (Å²) in [7, 11) is 1.63. The SMILES string of the molecule is CCOc1ccc([C@H](C)NC(=O)/C(=C/c2ccc(OC)cc2)c2ccccc2)cc1. The van der Waals surface area contributed by atoms with Crippen molar-refractivity contribution in [2.24, 2.45) is 0 Å². The maximum absolute atomic E-state index is 13.2. The van der Waals surface area contributed by atoms with Gasteiger partial charge in [-0.3, -0.25) is 4.79 Å². The van der Waals surface area contributed by atoms with E-state index in [1.807, 2.05) is 98.8 Å². The number of nitrogens with one attached hydrogen (secondary N) is 1. The fraction of sp³-hybridized carbons (Fsp3) is 0.192. The number of ether oxygens (including phenoxy) is 2. The molecule has 0 radical (unpaired) electrons. The fourth-order valence-electron chi connectivity index (χ4n) is 3.14. The molecule has 30 heavy (non-hydrogen) atoms. The van der Waals surface area contributed by atoms with Crippen molar-refractivity contribution in [1.82, 2.24) is 5.32 Å². The third kappa shape index (κ3) is 5.51. The lowest BCUT2D eigenvalue weighted by molar-refractivity contribution is -0.116. The average Bonchev–Trinajstić information content (AvgIpc) is 2.79. The standard InChI is InChI=1S/C26H27NO3/c1-4-30-24-16-12-21(13-17-24)19(2)27-26(28)25(22-8-6-5-7-9-22)18-20-10-14-23(29-3)15-11-20/h5-19H,4H2,1-3H3,(H,27,28)/b25-18+/t19-/m0/s1. The molecule has 0 aliphatic carbocycles. The number of carbonyl (C=O) groups is 1. The lowest BCUT2D eigenvalue weighted by Gasteiger charge is -2.17. The summed E-state index contributed by atoms with van der Waals surface area (Å²) in [5.74, 6) is 1.48. The Labute approximate surface area is 178 Å². The monoisotopic (exact) mass is 401 g/mol. The molecule has 0 saturated heterocycles. The fourth-order valence-corrected chi connectivity index (χ4v) is 3.14. The van der Waals surface area contributed by atoms with Gasteiger partial charge in [0.1, 0.15) is 11.5 Å². The van der Waals surface area contributed by atoms with Crippen molar-refractivity contribution in [1.29, 1.82) is 0 Å². The van der Waals surface area contributed by atoms with Crippen molar-refractivity contribution >= 4 is 17.6 Å². The second kappa shape index (κ2) is 10.3. The predicted molar refractivity (Wildman–Crippen MR) is 121 cm³/mol. The predicted octanol–water partition coefficient (Wildman–Crippen LogP) is 5.51. The maximum Gasteiger partial charge on any atom is 0.252 e. The van der Waals surface area contributed by atoms with Crippen LogP contribution >= 0.6 is 0 Å². The molecule has 0 aliphatic heterocycles. The first-order valence-corrected chi connectivity index (χ1v) is 10.1. The first-order valence-electron chi connectivity index (χ1n) is 10.1. The highest BCUT2D eigenvalue weighted by molar-refractivity contribution is 6.24. The molecule has 4 heteroatoms. The van der Waals surface area contributed by atoms with Crippen LogP contribution < -0.4 is 14.8 Å². The maximum atomic E-state index is 13.2. The van der Waals surface area contributed by atoms with E-state index in [0.717, 1.165) is 28.2 Å². The van der Waals surface area contributed by atoms with E-state index < -0.39 is 0 Å². The van der Waals surface area contributed by atoms with Crippen LogP contribution in [0.5, 0.6) is 11.5 Å². The van der Waals surface area contributed by atoms with E-state index in [1.54, 1.807) is 7.11 Å². The lowest BCUT2D eigenvalue weighted by atomic mass is 10.0. The lowest BCUT2D eigenvalue weighted by Crippen LogP contribution is -2.27. The highest BCUT2D eigenvalue weighted by Crippen LogP contribution is 2.23. The van der Waals surface area contributed by atoms with E-state index in [0.29, 0.717) is 12.2 Å². The summed E-state index contributed by atoms with van der Waals surface area (Å²) < 4.78 is 10.7. The van der Waals surface area contributed by atoms with Crippen LogP contribution in [0, 0.1) is 0 Å². The number of amides is 1. The second-order valence-corrected chi connectivity index (χ2v) is 6.89. The number of carbonyl (C=O) groups excluding carboxylic acids is 1. The third-order valence-electron chi connectivity index (χ3n) is 4.79. The minimum atomic E-state index is -0.142. The van der Waals surface area contributed by atoms with E-state index in [1.165, 1.54) is 0 Å². The Kier molecular flexibility index (Phi) is 7.28. The van der Waals surface area contributed by atoms with Gasteiger partial charge in [-0.25, -0.2) is 0 Å². The Bertz CT molecular complexity index is 977. The second-order valence-electron chi connectivity index (χ2n) is 6.89. The van der Waals surface area contributed by atoms with Crippen LogP contribution in [0.2, 0.25) is 0 Å². The molecule has 1 N–H and O–H groups in total. The largest absolute Gasteiger partial charge is 0.497 e. The molecule has 154 valence electrons. The number of methoxy groups -OCH3 is 1. The van der Waals surface area contributed by atoms with Gasteiger partial charge in [0.05, 0.1) is 19.8 Å². The zero-order valence-electron chi connectivity index (χ0n) is 17.6. The highest BCUT2D eigenvalue weighted by Gasteiger charge is 2.16. The van der Waals surface area contributed by atoms with Gasteiger partial charge in [0, 0.05) is 5.57 Å². The molecule has 4 nitrogen and oxygen atoms in total. The summed E-state index contributed by atoms with van der Waals surface area (Å²) in [4.78, 5) is 13.2. The Balaban J connectivity index is 1.83. The summed E-state index contributed by atoms with van der Waals surface area (Å²) >= 11 is 0. The van der Waals surface area contributed by atoms with E-state index in [4.69, 9.17) is 9.47 Å². The van der Waals surface area contributed by atoms with Gasteiger partial charge in [0.25, 0.3) is 5.91 Å². The quantitative estimate of drug-likeness (QED) is 0.400. The highest BCUT2D eigenvalue weighted by atomic mass is 16.5. The first-order chi connectivity index (χ1) is 14.6. The van der Waals surface area contributed by atoms with Gasteiger partial charge in [0.15, 0.2) is 0 Å². The van der Waals surface area contributed by atoms with Gasteiger partial charge in [-0.2, -0.15) is 0 Å². The molecule has 0 aliphatic rings. The molecule has 1 amide bonds. The van der Waals surface area contributed by atoms with Crippen molar-refractivity contribution in [2.75, 3.05) is 13.7 Å². The van der Waals surface area contributed by atoms with Gasteiger partial charge < -0.3 is 14.8 Å². The molecule has 0 saturated carbocycles. The smallest absolute Gasteiger partial charge is 0.252 e. The summed E-state index contributed by atoms with van der Waals surface area (Å²) in [5, 5.41) is 3.12. The van der Waals surface area contributed by atoms with Crippen LogP contribution in [0.15, 0.2) is 78.9 Å². The zero-order chi connectivity index (χ0) is 21.3. The minimum Gasteiger partial charge on any atom is -0.497 e. The summed E-state index contributed by atoms with van der Waals surface area (Å²) in [6, 6.07) is 25.0. The Morgan fingerprint density at radius 2 is 1.57 bits per heavy atom. The number of hydrogen-bond acceptors (Lipinski definition) is 3. The van der Waals surface area contributed by atoms with Crippen molar-refractivity contribution < 1.29 is 14.3 Å². The molecule has 0 bridgehead atoms. The van der Waals surface area contributed by atoms with Gasteiger partial charge in [0.2, 0.25) is 0 Å². The third-order valence-corrected chi connectivity index (χ3v) is 4.79. The molecule has 0 heterocycles. The van der Waals surface area contributed by atoms with Crippen LogP contribution in [-0.2, 0) is 4.79 Å². The van der Waals surface area contributed by atoms with E-state index in [9.17, 15) is 4.79 Å². The Morgan fingerprint density at radius 3 is 2.17 bits per heavy atom. The number of hydrogen-bond donors (Lipinski definition) is 1. The molecule has 0 aromatic heterocycles. The molecular weight excluding hydrogens is 374 g/mol. The topological polar surface area (TPSA) is 47.6 Å². The molecule has 0 unspecified atom stereocenters. The molecule has 0 fully saturated rings. The zero-order valence-corrected chi connectivity index (χ0v) is 17.6. The normalized spacial score (nSPS) is 12.2. The summed E-state index contributed by atoms with van der Waals surface area (Å²) in [6.45, 7) is 4.56. The van der Waals surface area contributed by atoms with Gasteiger partial charge >= 0.3 is 0 Å². The van der Waals surface area contributed by atoms with Crippen LogP contribution in [0.3, 0.4) is 0 Å². The molecular formula is C26H27NO3. The van der Waals surface area contributed by atoms with Crippen molar-refractivity contribution in [3.63, 3.8) is 0 Å². The van der Waals surface area contributed by atoms with Crippen molar-refractivity contribution in [3.05, 3.63) is 95.6 Å². The molecule has 1 atom stereocenters. The Morgan fingerprint density at radius 1 is 0.933 bits per heavy atom. The average molecular weight is 402 g/mol. The molecule has 0 spiro atoms. The van der Waals surface area contributed by atoms with Crippen molar-refractivity contribution in [3.8, 4) is 11.5 Å². The van der Waals surface area contributed by atoms with Crippen LogP contribution in [0.25, 0.3) is 11.6 Å². The summed E-state index contributed by atoms with van der Waals surface area (Å²) in [5.41, 5.74) is 3.42. The molecule has 3 rings (SSSR count). The molecule has 3 aromatic rings. The van der Waals surface area contributed by atoms with E-state index in [2.05, 4.69) is 5.32 Å². The number of rotatable bonds is 8. The summed E-state index contributed by atoms with van der Waals surface area (Å²) in [6.07, 6.45) is 1.90. The van der Waals surface area contributed by atoms with Gasteiger partial charge in [-0.15, -0.1) is 0 Å². The first kappa shape index (κ1) is 21.2. The van der Waals surface area contributed by atoms with Crippen LogP contribution in [0.1, 0.15) is 36.6 Å². The van der Waals surface area contributed by atoms with Crippen molar-refractivity contribution in [2.45, 2.75) is 19.9 Å².